The molecule has 2 aliphatic heterocycles. The van der Waals surface area contributed by atoms with Gasteiger partial charge in [-0.25, -0.2) is 0 Å². The van der Waals surface area contributed by atoms with Gasteiger partial charge < -0.3 is 10.5 Å². The molecule has 0 aromatic rings. The Kier molecular flexibility index (Phi) is 4.22. The van der Waals surface area contributed by atoms with Gasteiger partial charge in [-0.05, 0) is 39.2 Å². The van der Waals surface area contributed by atoms with Gasteiger partial charge in [0.1, 0.15) is 0 Å². The molecular formula is C13H26N2O. The number of hydrogen-bond donors (Lipinski definition) is 1. The van der Waals surface area contributed by atoms with E-state index in [1.807, 2.05) is 0 Å². The van der Waals surface area contributed by atoms with Crippen molar-refractivity contribution in [3.8, 4) is 0 Å². The SMILES string of the molecule is CC1CCCCCN1C1(CN)CCCOC1. The number of likely N-dealkylation sites (tertiary alicyclic amines) is 1. The minimum atomic E-state index is 0.141. The molecule has 2 aliphatic rings. The van der Waals surface area contributed by atoms with Gasteiger partial charge in [0.15, 0.2) is 0 Å². The summed E-state index contributed by atoms with van der Waals surface area (Å²) in [5.74, 6) is 0. The quantitative estimate of drug-likeness (QED) is 0.780. The summed E-state index contributed by atoms with van der Waals surface area (Å²) in [6.45, 7) is 6.08. The van der Waals surface area contributed by atoms with E-state index in [9.17, 15) is 0 Å². The van der Waals surface area contributed by atoms with E-state index in [1.54, 1.807) is 0 Å². The summed E-state index contributed by atoms with van der Waals surface area (Å²) >= 11 is 0. The van der Waals surface area contributed by atoms with Crippen LogP contribution in [0.1, 0.15) is 45.4 Å². The summed E-state index contributed by atoms with van der Waals surface area (Å²) in [6.07, 6.45) is 7.78. The third-order valence-corrected chi connectivity index (χ3v) is 4.34. The minimum absolute atomic E-state index is 0.141. The molecule has 2 rings (SSSR count). The van der Waals surface area contributed by atoms with Crippen LogP contribution >= 0.6 is 0 Å². The summed E-state index contributed by atoms with van der Waals surface area (Å²) in [5, 5.41) is 0. The molecule has 3 nitrogen and oxygen atoms in total. The van der Waals surface area contributed by atoms with Gasteiger partial charge in [0.05, 0.1) is 12.1 Å². The van der Waals surface area contributed by atoms with Crippen molar-refractivity contribution in [1.29, 1.82) is 0 Å². The third kappa shape index (κ3) is 2.41. The van der Waals surface area contributed by atoms with Gasteiger partial charge in [0.25, 0.3) is 0 Å². The molecule has 0 spiro atoms. The van der Waals surface area contributed by atoms with Gasteiger partial charge >= 0.3 is 0 Å². The van der Waals surface area contributed by atoms with Crippen LogP contribution < -0.4 is 5.73 Å². The average molecular weight is 226 g/mol. The first kappa shape index (κ1) is 12.3. The maximum Gasteiger partial charge on any atom is 0.0662 e. The standard InChI is InChI=1S/C13H26N2O/c1-12-6-3-2-4-8-15(12)13(10-14)7-5-9-16-11-13/h12H,2-11,14H2,1H3. The van der Waals surface area contributed by atoms with Crippen LogP contribution in [-0.4, -0.2) is 42.8 Å². The minimum Gasteiger partial charge on any atom is -0.379 e. The second kappa shape index (κ2) is 5.48. The first-order valence-electron chi connectivity index (χ1n) is 6.83. The van der Waals surface area contributed by atoms with Crippen molar-refractivity contribution in [3.05, 3.63) is 0 Å². The van der Waals surface area contributed by atoms with Crippen molar-refractivity contribution in [2.45, 2.75) is 57.0 Å². The number of hydrogen-bond acceptors (Lipinski definition) is 3. The Balaban J connectivity index is 2.10. The van der Waals surface area contributed by atoms with E-state index in [0.29, 0.717) is 6.04 Å². The molecule has 0 aromatic heterocycles. The fourth-order valence-electron chi connectivity index (χ4n) is 3.32. The summed E-state index contributed by atoms with van der Waals surface area (Å²) < 4.78 is 5.70. The Morgan fingerprint density at radius 1 is 1.31 bits per heavy atom. The van der Waals surface area contributed by atoms with Crippen LogP contribution in [0.4, 0.5) is 0 Å². The highest BCUT2D eigenvalue weighted by Crippen LogP contribution is 2.31. The van der Waals surface area contributed by atoms with E-state index in [0.717, 1.165) is 19.8 Å². The molecule has 16 heavy (non-hydrogen) atoms. The van der Waals surface area contributed by atoms with Crippen LogP contribution in [0.2, 0.25) is 0 Å². The Hall–Kier alpha value is -0.120. The fourth-order valence-corrected chi connectivity index (χ4v) is 3.32. The zero-order valence-electron chi connectivity index (χ0n) is 10.6. The molecule has 2 unspecified atom stereocenters. The topological polar surface area (TPSA) is 38.5 Å². The van der Waals surface area contributed by atoms with Crippen LogP contribution in [0.15, 0.2) is 0 Å². The van der Waals surface area contributed by atoms with Crippen LogP contribution in [0.5, 0.6) is 0 Å². The monoisotopic (exact) mass is 226 g/mol. The lowest BCUT2D eigenvalue weighted by Crippen LogP contribution is -2.61. The molecule has 0 aromatic carbocycles. The maximum absolute atomic E-state index is 6.06. The first-order chi connectivity index (χ1) is 7.78. The molecular weight excluding hydrogens is 200 g/mol. The number of ether oxygens (including phenoxy) is 1. The third-order valence-electron chi connectivity index (χ3n) is 4.34. The van der Waals surface area contributed by atoms with Crippen molar-refractivity contribution < 1.29 is 4.74 Å². The lowest BCUT2D eigenvalue weighted by atomic mass is 9.88. The average Bonchev–Trinajstić information content (AvgIpc) is 2.55. The molecule has 2 saturated heterocycles. The highest BCUT2D eigenvalue weighted by molar-refractivity contribution is 4.96. The highest BCUT2D eigenvalue weighted by atomic mass is 16.5. The Morgan fingerprint density at radius 2 is 2.19 bits per heavy atom. The molecule has 2 heterocycles. The van der Waals surface area contributed by atoms with Gasteiger partial charge in [-0.15, -0.1) is 0 Å². The van der Waals surface area contributed by atoms with Gasteiger partial charge in [0.2, 0.25) is 0 Å². The van der Waals surface area contributed by atoms with Gasteiger partial charge in [0, 0.05) is 19.2 Å². The van der Waals surface area contributed by atoms with Crippen molar-refractivity contribution in [2.24, 2.45) is 5.73 Å². The van der Waals surface area contributed by atoms with Crippen molar-refractivity contribution in [2.75, 3.05) is 26.3 Å². The summed E-state index contributed by atoms with van der Waals surface area (Å²) in [7, 11) is 0. The smallest absolute Gasteiger partial charge is 0.0662 e. The van der Waals surface area contributed by atoms with Crippen LogP contribution in [0.3, 0.4) is 0 Å². The predicted molar refractivity (Wildman–Crippen MR) is 66.5 cm³/mol. The number of nitrogens with zero attached hydrogens (tertiary/aromatic N) is 1. The van der Waals surface area contributed by atoms with Crippen molar-refractivity contribution >= 4 is 0 Å². The molecule has 94 valence electrons. The second-order valence-corrected chi connectivity index (χ2v) is 5.48. The van der Waals surface area contributed by atoms with Gasteiger partial charge in [-0.2, -0.15) is 0 Å². The van der Waals surface area contributed by atoms with Crippen LogP contribution in [0, 0.1) is 0 Å². The van der Waals surface area contributed by atoms with Crippen molar-refractivity contribution in [3.63, 3.8) is 0 Å². The summed E-state index contributed by atoms with van der Waals surface area (Å²) in [4.78, 5) is 2.65. The first-order valence-corrected chi connectivity index (χ1v) is 6.83. The van der Waals surface area contributed by atoms with Gasteiger partial charge in [-0.3, -0.25) is 4.90 Å². The largest absolute Gasteiger partial charge is 0.379 e. The molecule has 2 N–H and O–H groups in total. The second-order valence-electron chi connectivity index (χ2n) is 5.48. The summed E-state index contributed by atoms with van der Waals surface area (Å²) in [5.41, 5.74) is 6.20. The van der Waals surface area contributed by atoms with E-state index in [2.05, 4.69) is 11.8 Å². The predicted octanol–water partition coefficient (Wildman–Crippen LogP) is 1.76. The Morgan fingerprint density at radius 3 is 2.88 bits per heavy atom. The van der Waals surface area contributed by atoms with Crippen molar-refractivity contribution in [1.82, 2.24) is 4.90 Å². The molecule has 3 heteroatoms. The van der Waals surface area contributed by atoms with E-state index >= 15 is 0 Å². The molecule has 0 radical (unpaired) electrons. The van der Waals surface area contributed by atoms with Crippen LogP contribution in [-0.2, 0) is 4.74 Å². The Labute approximate surface area is 99.3 Å². The number of nitrogens with two attached hydrogens (primary N) is 1. The van der Waals surface area contributed by atoms with Gasteiger partial charge in [-0.1, -0.05) is 12.8 Å². The maximum atomic E-state index is 6.06. The normalized spacial score (nSPS) is 38.2. The van der Waals surface area contributed by atoms with E-state index in [4.69, 9.17) is 10.5 Å². The lowest BCUT2D eigenvalue weighted by molar-refractivity contribution is -0.0593. The highest BCUT2D eigenvalue weighted by Gasteiger charge is 2.39. The molecule has 0 aliphatic carbocycles. The molecule has 2 fully saturated rings. The molecule has 0 amide bonds. The molecule has 2 atom stereocenters. The lowest BCUT2D eigenvalue weighted by Gasteiger charge is -2.48. The fraction of sp³-hybridized carbons (Fsp3) is 1.00. The van der Waals surface area contributed by atoms with E-state index in [-0.39, 0.29) is 5.54 Å². The number of rotatable bonds is 2. The Bertz CT molecular complexity index is 214. The zero-order chi connectivity index (χ0) is 11.4. The summed E-state index contributed by atoms with van der Waals surface area (Å²) in [6, 6.07) is 0.674. The van der Waals surface area contributed by atoms with Crippen LogP contribution in [0.25, 0.3) is 0 Å². The zero-order valence-corrected chi connectivity index (χ0v) is 10.6. The molecule has 0 saturated carbocycles. The molecule has 0 bridgehead atoms. The van der Waals surface area contributed by atoms with E-state index < -0.39 is 0 Å². The van der Waals surface area contributed by atoms with E-state index in [1.165, 1.54) is 45.1 Å².